The molecule has 1 aliphatic rings. The van der Waals surface area contributed by atoms with Crippen LogP contribution in [0.25, 0.3) is 38.5 Å². The predicted molar refractivity (Wildman–Crippen MR) is 160 cm³/mol. The second-order valence-corrected chi connectivity index (χ2v) is 10.9. The van der Waals surface area contributed by atoms with Crippen molar-refractivity contribution in [1.29, 1.82) is 0 Å². The molecule has 5 heteroatoms. The summed E-state index contributed by atoms with van der Waals surface area (Å²) in [5.41, 5.74) is 4.16. The fourth-order valence-electron chi connectivity index (χ4n) is 5.35. The maximum absolute atomic E-state index is 13.4. The first kappa shape index (κ1) is 23.5. The number of thioether (sulfide) groups is 1. The second-order valence-electron chi connectivity index (χ2n) is 9.86. The van der Waals surface area contributed by atoms with Gasteiger partial charge in [-0.3, -0.25) is 14.5 Å². The molecule has 2 amide bonds. The van der Waals surface area contributed by atoms with Crippen LogP contribution in [-0.2, 0) is 17.9 Å². The molecule has 188 valence electrons. The molecule has 0 unspecified atom stereocenters. The quantitative estimate of drug-likeness (QED) is 0.213. The average molecular weight is 525 g/mol. The van der Waals surface area contributed by atoms with Gasteiger partial charge in [0.15, 0.2) is 0 Å². The molecule has 5 aromatic carbocycles. The smallest absolute Gasteiger partial charge is 0.293 e. The summed E-state index contributed by atoms with van der Waals surface area (Å²) in [6, 6.07) is 37.2. The Kier molecular flexibility index (Phi) is 5.79. The standard InChI is InChI=1S/C34H24N2O2S/c37-33-32(39-34(38)36(33)21-24-14-16-26-8-2-4-10-28(26)18-24)19-29-22-35(31-12-6-5-11-30(29)31)20-23-13-15-25-7-1-3-9-27(25)17-23/h1-19,22H,20-21H2/b32-19-. The average Bonchev–Trinajstić information content (AvgIpc) is 3.44. The van der Waals surface area contributed by atoms with Crippen LogP contribution in [0.3, 0.4) is 0 Å². The van der Waals surface area contributed by atoms with Crippen LogP contribution in [0.2, 0.25) is 0 Å². The molecule has 0 atom stereocenters. The first-order valence-electron chi connectivity index (χ1n) is 12.9. The van der Waals surface area contributed by atoms with Gasteiger partial charge in [0.25, 0.3) is 11.1 Å². The Bertz CT molecular complexity index is 1950. The van der Waals surface area contributed by atoms with Gasteiger partial charge in [-0.05, 0) is 68.7 Å². The number of carbonyl (C=O) groups excluding carboxylic acids is 2. The summed E-state index contributed by atoms with van der Waals surface area (Å²) in [5.74, 6) is -0.246. The van der Waals surface area contributed by atoms with E-state index in [2.05, 4.69) is 71.4 Å². The van der Waals surface area contributed by atoms with Gasteiger partial charge in [0.1, 0.15) is 0 Å². The number of nitrogens with zero attached hydrogens (tertiary/aromatic N) is 2. The summed E-state index contributed by atoms with van der Waals surface area (Å²) < 4.78 is 2.21. The highest BCUT2D eigenvalue weighted by molar-refractivity contribution is 8.18. The zero-order chi connectivity index (χ0) is 26.3. The number of rotatable bonds is 5. The summed E-state index contributed by atoms with van der Waals surface area (Å²) in [6.45, 7) is 0.971. The third-order valence-electron chi connectivity index (χ3n) is 7.30. The van der Waals surface area contributed by atoms with E-state index < -0.39 is 0 Å². The Labute approximate surface area is 230 Å². The first-order chi connectivity index (χ1) is 19.1. The highest BCUT2D eigenvalue weighted by Crippen LogP contribution is 2.35. The minimum Gasteiger partial charge on any atom is -0.342 e. The van der Waals surface area contributed by atoms with Gasteiger partial charge in [0, 0.05) is 29.2 Å². The lowest BCUT2D eigenvalue weighted by atomic mass is 10.1. The lowest BCUT2D eigenvalue weighted by Crippen LogP contribution is -2.27. The number of hydrogen-bond donors (Lipinski definition) is 0. The van der Waals surface area contributed by atoms with Crippen LogP contribution in [-0.4, -0.2) is 20.6 Å². The number of benzene rings is 5. The van der Waals surface area contributed by atoms with Crippen LogP contribution >= 0.6 is 11.8 Å². The van der Waals surface area contributed by atoms with E-state index in [4.69, 9.17) is 0 Å². The van der Waals surface area contributed by atoms with Crippen molar-refractivity contribution in [3.63, 3.8) is 0 Å². The molecule has 4 nitrogen and oxygen atoms in total. The first-order valence-corrected chi connectivity index (χ1v) is 13.7. The molecule has 0 bridgehead atoms. The molecule has 0 spiro atoms. The van der Waals surface area contributed by atoms with Crippen molar-refractivity contribution in [2.75, 3.05) is 0 Å². The van der Waals surface area contributed by atoms with Crippen molar-refractivity contribution < 1.29 is 9.59 Å². The summed E-state index contributed by atoms with van der Waals surface area (Å²) in [6.07, 6.45) is 3.95. The zero-order valence-electron chi connectivity index (χ0n) is 21.1. The highest BCUT2D eigenvalue weighted by Gasteiger charge is 2.35. The normalized spacial score (nSPS) is 14.9. The van der Waals surface area contributed by atoms with Gasteiger partial charge in [-0.25, -0.2) is 0 Å². The van der Waals surface area contributed by atoms with E-state index in [9.17, 15) is 9.59 Å². The van der Waals surface area contributed by atoms with Crippen LogP contribution in [0.15, 0.2) is 120 Å². The lowest BCUT2D eigenvalue weighted by Gasteiger charge is -2.13. The van der Waals surface area contributed by atoms with E-state index in [0.717, 1.165) is 44.6 Å². The van der Waals surface area contributed by atoms with E-state index in [0.29, 0.717) is 11.4 Å². The van der Waals surface area contributed by atoms with E-state index in [1.165, 1.54) is 21.2 Å². The Morgan fingerprint density at radius 1 is 0.641 bits per heavy atom. The van der Waals surface area contributed by atoms with Gasteiger partial charge in [0.2, 0.25) is 0 Å². The Hall–Kier alpha value is -4.61. The molecule has 1 saturated heterocycles. The van der Waals surface area contributed by atoms with Crippen LogP contribution in [0.1, 0.15) is 16.7 Å². The van der Waals surface area contributed by atoms with Gasteiger partial charge in [-0.15, -0.1) is 0 Å². The van der Waals surface area contributed by atoms with Gasteiger partial charge >= 0.3 is 0 Å². The summed E-state index contributed by atoms with van der Waals surface area (Å²) in [5, 5.41) is 5.48. The third-order valence-corrected chi connectivity index (χ3v) is 8.21. The summed E-state index contributed by atoms with van der Waals surface area (Å²) in [7, 11) is 0. The Balaban J connectivity index is 1.19. The van der Waals surface area contributed by atoms with Gasteiger partial charge in [0.05, 0.1) is 11.4 Å². The maximum Gasteiger partial charge on any atom is 0.293 e. The monoisotopic (exact) mass is 524 g/mol. The molecule has 1 aliphatic heterocycles. The Morgan fingerprint density at radius 3 is 1.92 bits per heavy atom. The number of carbonyl (C=O) groups is 2. The van der Waals surface area contributed by atoms with Crippen molar-refractivity contribution in [3.8, 4) is 0 Å². The SMILES string of the molecule is O=C1S/C(=C\c2cn(Cc3ccc4ccccc4c3)c3ccccc23)C(=O)N1Cc1ccc2ccccc2c1. The van der Waals surface area contributed by atoms with Crippen LogP contribution in [0.5, 0.6) is 0 Å². The lowest BCUT2D eigenvalue weighted by molar-refractivity contribution is -0.123. The number of imide groups is 1. The summed E-state index contributed by atoms with van der Waals surface area (Å²) >= 11 is 1.01. The molecular weight excluding hydrogens is 500 g/mol. The molecule has 0 aliphatic carbocycles. The molecule has 0 saturated carbocycles. The molecule has 2 heterocycles. The minimum atomic E-state index is -0.246. The molecule has 7 rings (SSSR count). The largest absolute Gasteiger partial charge is 0.342 e. The zero-order valence-corrected chi connectivity index (χ0v) is 21.9. The van der Waals surface area contributed by atoms with Crippen LogP contribution in [0, 0.1) is 0 Å². The van der Waals surface area contributed by atoms with Crippen molar-refractivity contribution in [2.45, 2.75) is 13.1 Å². The fourth-order valence-corrected chi connectivity index (χ4v) is 6.18. The number of para-hydroxylation sites is 1. The Morgan fingerprint density at radius 2 is 1.23 bits per heavy atom. The van der Waals surface area contributed by atoms with Crippen molar-refractivity contribution >= 4 is 61.4 Å². The second kappa shape index (κ2) is 9.61. The molecular formula is C34H24N2O2S. The van der Waals surface area contributed by atoms with E-state index in [-0.39, 0.29) is 17.7 Å². The molecule has 6 aromatic rings. The number of hydrogen-bond acceptors (Lipinski definition) is 3. The van der Waals surface area contributed by atoms with Gasteiger partial charge in [-0.1, -0.05) is 91.0 Å². The van der Waals surface area contributed by atoms with Crippen molar-refractivity contribution in [1.82, 2.24) is 9.47 Å². The predicted octanol–water partition coefficient (Wildman–Crippen LogP) is 8.23. The molecule has 0 N–H and O–H groups in total. The number of fused-ring (bicyclic) bond motifs is 3. The van der Waals surface area contributed by atoms with Gasteiger partial charge < -0.3 is 4.57 Å². The summed E-state index contributed by atoms with van der Waals surface area (Å²) in [4.78, 5) is 28.0. The van der Waals surface area contributed by atoms with Gasteiger partial charge in [-0.2, -0.15) is 0 Å². The molecule has 1 aromatic heterocycles. The topological polar surface area (TPSA) is 42.3 Å². The van der Waals surface area contributed by atoms with Crippen LogP contribution in [0.4, 0.5) is 4.79 Å². The molecule has 0 radical (unpaired) electrons. The van der Waals surface area contributed by atoms with Crippen molar-refractivity contribution in [2.24, 2.45) is 0 Å². The number of aromatic nitrogens is 1. The molecule has 1 fully saturated rings. The van der Waals surface area contributed by atoms with E-state index >= 15 is 0 Å². The van der Waals surface area contributed by atoms with Crippen LogP contribution < -0.4 is 0 Å². The maximum atomic E-state index is 13.4. The highest BCUT2D eigenvalue weighted by atomic mass is 32.2. The number of amides is 2. The van der Waals surface area contributed by atoms with E-state index in [1.807, 2.05) is 54.6 Å². The minimum absolute atomic E-state index is 0.237. The third kappa shape index (κ3) is 4.41. The fraction of sp³-hybridized carbons (Fsp3) is 0.0588. The van der Waals surface area contributed by atoms with Crippen molar-refractivity contribution in [3.05, 3.63) is 137 Å². The molecule has 39 heavy (non-hydrogen) atoms. The van der Waals surface area contributed by atoms with E-state index in [1.54, 1.807) is 0 Å².